The number of amides is 1. The third kappa shape index (κ3) is 3.24. The van der Waals surface area contributed by atoms with Gasteiger partial charge in [0, 0.05) is 0 Å². The standard InChI is InChI=1S/C13H21NO4/c1-6-9-7-8-10(11(15)17-5)14(9)12(16)18-13(2,3)4/h6,9-10H,1,7-8H2,2-5H3. The van der Waals surface area contributed by atoms with E-state index in [2.05, 4.69) is 6.58 Å². The Morgan fingerprint density at radius 3 is 2.39 bits per heavy atom. The van der Waals surface area contributed by atoms with Crippen LogP contribution in [0, 0.1) is 0 Å². The molecular weight excluding hydrogens is 234 g/mol. The molecule has 0 aromatic heterocycles. The van der Waals surface area contributed by atoms with Crippen LogP contribution in [0.3, 0.4) is 0 Å². The van der Waals surface area contributed by atoms with Crippen LogP contribution in [-0.2, 0) is 14.3 Å². The molecule has 18 heavy (non-hydrogen) atoms. The van der Waals surface area contributed by atoms with E-state index >= 15 is 0 Å². The van der Waals surface area contributed by atoms with Gasteiger partial charge in [-0.25, -0.2) is 9.59 Å². The van der Waals surface area contributed by atoms with Crippen LogP contribution in [0.1, 0.15) is 33.6 Å². The summed E-state index contributed by atoms with van der Waals surface area (Å²) in [6.07, 6.45) is 2.43. The van der Waals surface area contributed by atoms with Crippen LogP contribution in [0.15, 0.2) is 12.7 Å². The van der Waals surface area contributed by atoms with Gasteiger partial charge in [-0.05, 0) is 33.6 Å². The third-order valence-corrected chi connectivity index (χ3v) is 2.78. The summed E-state index contributed by atoms with van der Waals surface area (Å²) in [7, 11) is 1.32. The number of ether oxygens (including phenoxy) is 2. The van der Waals surface area contributed by atoms with Crippen molar-refractivity contribution >= 4 is 12.1 Å². The van der Waals surface area contributed by atoms with Crippen LogP contribution in [0.4, 0.5) is 4.79 Å². The smallest absolute Gasteiger partial charge is 0.411 e. The molecule has 2 atom stereocenters. The van der Waals surface area contributed by atoms with Crippen LogP contribution in [-0.4, -0.2) is 41.8 Å². The monoisotopic (exact) mass is 255 g/mol. The zero-order chi connectivity index (χ0) is 13.9. The summed E-state index contributed by atoms with van der Waals surface area (Å²) < 4.78 is 10.0. The van der Waals surface area contributed by atoms with Crippen LogP contribution in [0.25, 0.3) is 0 Å². The van der Waals surface area contributed by atoms with Crippen LogP contribution in [0.5, 0.6) is 0 Å². The normalized spacial score (nSPS) is 23.7. The second kappa shape index (κ2) is 5.42. The molecule has 0 aliphatic carbocycles. The topological polar surface area (TPSA) is 55.8 Å². The summed E-state index contributed by atoms with van der Waals surface area (Å²) in [5.41, 5.74) is -0.591. The molecular formula is C13H21NO4. The van der Waals surface area contributed by atoms with Crippen molar-refractivity contribution < 1.29 is 19.1 Å². The van der Waals surface area contributed by atoms with E-state index < -0.39 is 23.7 Å². The molecule has 0 N–H and O–H groups in total. The summed E-state index contributed by atoms with van der Waals surface area (Å²) in [5.74, 6) is -0.412. The average Bonchev–Trinajstić information content (AvgIpc) is 2.69. The van der Waals surface area contributed by atoms with Crippen LogP contribution >= 0.6 is 0 Å². The molecule has 1 heterocycles. The highest BCUT2D eigenvalue weighted by Gasteiger charge is 2.42. The SMILES string of the molecule is C=CC1CCC(C(=O)OC)N1C(=O)OC(C)(C)C. The molecule has 1 rings (SSSR count). The fourth-order valence-corrected chi connectivity index (χ4v) is 2.01. The first-order valence-corrected chi connectivity index (χ1v) is 6.02. The number of nitrogens with zero attached hydrogens (tertiary/aromatic N) is 1. The van der Waals surface area contributed by atoms with E-state index in [1.807, 2.05) is 0 Å². The van der Waals surface area contributed by atoms with Gasteiger partial charge in [0.05, 0.1) is 13.2 Å². The second-order valence-electron chi connectivity index (χ2n) is 5.31. The Labute approximate surface area is 108 Å². The predicted molar refractivity (Wildman–Crippen MR) is 67.1 cm³/mol. The number of hydrogen-bond donors (Lipinski definition) is 0. The number of methoxy groups -OCH3 is 1. The van der Waals surface area contributed by atoms with Gasteiger partial charge in [0.25, 0.3) is 0 Å². The Kier molecular flexibility index (Phi) is 4.38. The molecule has 0 aromatic rings. The van der Waals surface area contributed by atoms with E-state index in [1.165, 1.54) is 12.0 Å². The van der Waals surface area contributed by atoms with Gasteiger partial charge in [-0.1, -0.05) is 6.08 Å². The maximum absolute atomic E-state index is 12.1. The van der Waals surface area contributed by atoms with Crippen LogP contribution < -0.4 is 0 Å². The van der Waals surface area contributed by atoms with E-state index in [0.717, 1.165) is 0 Å². The number of carbonyl (C=O) groups is 2. The van der Waals surface area contributed by atoms with Gasteiger partial charge >= 0.3 is 12.1 Å². The van der Waals surface area contributed by atoms with Gasteiger partial charge in [-0.2, -0.15) is 0 Å². The minimum atomic E-state index is -0.591. The molecule has 0 spiro atoms. The zero-order valence-corrected chi connectivity index (χ0v) is 11.4. The molecule has 1 fully saturated rings. The fraction of sp³-hybridized carbons (Fsp3) is 0.692. The molecule has 0 radical (unpaired) electrons. The highest BCUT2D eigenvalue weighted by molar-refractivity contribution is 5.82. The summed E-state index contributed by atoms with van der Waals surface area (Å²) in [5, 5.41) is 0. The Morgan fingerprint density at radius 1 is 1.33 bits per heavy atom. The van der Waals surface area contributed by atoms with Crippen LogP contribution in [0.2, 0.25) is 0 Å². The van der Waals surface area contributed by atoms with Gasteiger partial charge in [0.2, 0.25) is 0 Å². The summed E-state index contributed by atoms with van der Waals surface area (Å²) in [6, 6.07) is -0.753. The third-order valence-electron chi connectivity index (χ3n) is 2.78. The van der Waals surface area contributed by atoms with E-state index in [-0.39, 0.29) is 6.04 Å². The lowest BCUT2D eigenvalue weighted by molar-refractivity contribution is -0.146. The van der Waals surface area contributed by atoms with Crippen molar-refractivity contribution in [2.45, 2.75) is 51.3 Å². The number of rotatable bonds is 2. The maximum Gasteiger partial charge on any atom is 0.411 e. The van der Waals surface area contributed by atoms with E-state index in [1.54, 1.807) is 26.8 Å². The van der Waals surface area contributed by atoms with E-state index in [9.17, 15) is 9.59 Å². The lowest BCUT2D eigenvalue weighted by atomic mass is 10.2. The van der Waals surface area contributed by atoms with Crippen molar-refractivity contribution in [3.63, 3.8) is 0 Å². The van der Waals surface area contributed by atoms with Crippen molar-refractivity contribution in [2.24, 2.45) is 0 Å². The molecule has 1 aliphatic rings. The first-order valence-electron chi connectivity index (χ1n) is 6.02. The van der Waals surface area contributed by atoms with Crippen molar-refractivity contribution in [2.75, 3.05) is 7.11 Å². The first kappa shape index (κ1) is 14.5. The number of hydrogen-bond acceptors (Lipinski definition) is 4. The molecule has 1 saturated heterocycles. The highest BCUT2D eigenvalue weighted by Crippen LogP contribution is 2.27. The molecule has 0 saturated carbocycles. The fourth-order valence-electron chi connectivity index (χ4n) is 2.01. The molecule has 5 nitrogen and oxygen atoms in total. The Bertz CT molecular complexity index is 345. The quantitative estimate of drug-likeness (QED) is 0.560. The minimum absolute atomic E-state index is 0.177. The van der Waals surface area contributed by atoms with Gasteiger partial charge in [-0.15, -0.1) is 6.58 Å². The van der Waals surface area contributed by atoms with Gasteiger partial charge in [0.15, 0.2) is 0 Å². The molecule has 0 bridgehead atoms. The zero-order valence-electron chi connectivity index (χ0n) is 11.4. The predicted octanol–water partition coefficient (Wildman–Crippen LogP) is 2.11. The molecule has 0 aromatic carbocycles. The van der Waals surface area contributed by atoms with E-state index in [0.29, 0.717) is 12.8 Å². The summed E-state index contributed by atoms with van der Waals surface area (Å²) in [6.45, 7) is 9.06. The minimum Gasteiger partial charge on any atom is -0.467 e. The molecule has 5 heteroatoms. The summed E-state index contributed by atoms with van der Waals surface area (Å²) >= 11 is 0. The largest absolute Gasteiger partial charge is 0.467 e. The van der Waals surface area contributed by atoms with Crippen molar-refractivity contribution in [3.8, 4) is 0 Å². The average molecular weight is 255 g/mol. The Hall–Kier alpha value is -1.52. The van der Waals surface area contributed by atoms with Crippen molar-refractivity contribution in [1.29, 1.82) is 0 Å². The lowest BCUT2D eigenvalue weighted by Crippen LogP contribution is -2.47. The highest BCUT2D eigenvalue weighted by atomic mass is 16.6. The molecule has 102 valence electrons. The molecule has 1 amide bonds. The lowest BCUT2D eigenvalue weighted by Gasteiger charge is -2.30. The Morgan fingerprint density at radius 2 is 1.94 bits per heavy atom. The van der Waals surface area contributed by atoms with E-state index in [4.69, 9.17) is 9.47 Å². The second-order valence-corrected chi connectivity index (χ2v) is 5.31. The molecule has 2 unspecified atom stereocenters. The number of likely N-dealkylation sites (tertiary alicyclic amines) is 1. The van der Waals surface area contributed by atoms with Gasteiger partial charge in [0.1, 0.15) is 11.6 Å². The van der Waals surface area contributed by atoms with Gasteiger partial charge < -0.3 is 9.47 Å². The van der Waals surface area contributed by atoms with Gasteiger partial charge in [-0.3, -0.25) is 4.90 Å². The maximum atomic E-state index is 12.1. The van der Waals surface area contributed by atoms with Crippen molar-refractivity contribution in [1.82, 2.24) is 4.90 Å². The molecule has 1 aliphatic heterocycles. The first-order chi connectivity index (χ1) is 8.30. The summed E-state index contributed by atoms with van der Waals surface area (Å²) in [4.78, 5) is 25.2. The van der Waals surface area contributed by atoms with Crippen molar-refractivity contribution in [3.05, 3.63) is 12.7 Å². The number of carbonyl (C=O) groups excluding carboxylic acids is 2. The number of esters is 1. The Balaban J connectivity index is 2.87.